The van der Waals surface area contributed by atoms with Gasteiger partial charge in [0.25, 0.3) is 0 Å². The number of nitrogens with zero attached hydrogens (tertiary/aromatic N) is 2. The van der Waals surface area contributed by atoms with Crippen molar-refractivity contribution in [3.63, 3.8) is 0 Å². The van der Waals surface area contributed by atoms with Crippen molar-refractivity contribution >= 4 is 5.84 Å². The van der Waals surface area contributed by atoms with Crippen LogP contribution in [0.5, 0.6) is 0 Å². The minimum Gasteiger partial charge on any atom is -0.399 e. The van der Waals surface area contributed by atoms with Crippen LogP contribution in [0.3, 0.4) is 0 Å². The van der Waals surface area contributed by atoms with Crippen LogP contribution in [0, 0.1) is 0 Å². The summed E-state index contributed by atoms with van der Waals surface area (Å²) in [7, 11) is 2.15. The van der Waals surface area contributed by atoms with Crippen molar-refractivity contribution < 1.29 is 0 Å². The molecular weight excluding hydrogens is 286 g/mol. The Balaban J connectivity index is 2.20. The van der Waals surface area contributed by atoms with Crippen LogP contribution in [-0.2, 0) is 0 Å². The molecule has 0 aromatic heterocycles. The number of benzene rings is 1. The van der Waals surface area contributed by atoms with Gasteiger partial charge < -0.3 is 21.7 Å². The molecule has 1 aromatic carbocycles. The van der Waals surface area contributed by atoms with E-state index in [9.17, 15) is 0 Å². The molecule has 1 aliphatic rings. The molecule has 126 valence electrons. The predicted octanol–water partition coefficient (Wildman–Crippen LogP) is 1.98. The summed E-state index contributed by atoms with van der Waals surface area (Å²) in [6, 6.07) is 10.6. The maximum atomic E-state index is 6.43. The quantitative estimate of drug-likeness (QED) is 0.573. The lowest BCUT2D eigenvalue weighted by molar-refractivity contribution is 0.241. The fraction of sp³-hybridized carbons (Fsp3) is 0.500. The van der Waals surface area contributed by atoms with Crippen molar-refractivity contribution in [3.05, 3.63) is 47.4 Å². The Labute approximate surface area is 139 Å². The average Bonchev–Trinajstić information content (AvgIpc) is 2.55. The molecule has 1 heterocycles. The van der Waals surface area contributed by atoms with Crippen molar-refractivity contribution in [2.45, 2.75) is 38.6 Å². The van der Waals surface area contributed by atoms with Crippen molar-refractivity contribution in [2.75, 3.05) is 20.1 Å². The first-order valence-corrected chi connectivity index (χ1v) is 8.27. The Morgan fingerprint density at radius 2 is 1.83 bits per heavy atom. The number of allylic oxidation sites excluding steroid dienone is 1. The Bertz CT molecular complexity index is 552. The number of aliphatic imine (C=N–C) groups is 1. The van der Waals surface area contributed by atoms with Gasteiger partial charge in [-0.2, -0.15) is 0 Å². The van der Waals surface area contributed by atoms with Gasteiger partial charge in [-0.05, 0) is 45.5 Å². The number of likely N-dealkylation sites (tertiary alicyclic amines) is 1. The summed E-state index contributed by atoms with van der Waals surface area (Å²) in [6.07, 6.45) is 2.18. The lowest BCUT2D eigenvalue weighted by Crippen LogP contribution is -2.41. The Morgan fingerprint density at radius 1 is 1.22 bits per heavy atom. The van der Waals surface area contributed by atoms with Gasteiger partial charge in [-0.25, -0.2) is 4.99 Å². The highest BCUT2D eigenvalue weighted by atomic mass is 15.1. The summed E-state index contributed by atoms with van der Waals surface area (Å²) < 4.78 is 0. The van der Waals surface area contributed by atoms with Gasteiger partial charge in [0.05, 0.1) is 11.5 Å². The molecule has 0 amide bonds. The van der Waals surface area contributed by atoms with E-state index in [1.165, 1.54) is 5.56 Å². The summed E-state index contributed by atoms with van der Waals surface area (Å²) in [5.41, 5.74) is 14.2. The van der Waals surface area contributed by atoms with Gasteiger partial charge in [-0.3, -0.25) is 0 Å². The molecular formula is C18H29N5. The van der Waals surface area contributed by atoms with E-state index in [-0.39, 0.29) is 5.92 Å². The number of amidine groups is 1. The van der Waals surface area contributed by atoms with E-state index in [1.54, 1.807) is 6.92 Å². The van der Waals surface area contributed by atoms with Crippen LogP contribution in [0.4, 0.5) is 0 Å². The second-order valence-electron chi connectivity index (χ2n) is 6.41. The smallest absolute Gasteiger partial charge is 0.147 e. The van der Waals surface area contributed by atoms with E-state index in [0.29, 0.717) is 11.9 Å². The molecule has 1 unspecified atom stereocenters. The Morgan fingerprint density at radius 3 is 2.39 bits per heavy atom. The van der Waals surface area contributed by atoms with Crippen molar-refractivity contribution in [3.8, 4) is 0 Å². The number of rotatable bonds is 5. The Kier molecular flexibility index (Phi) is 6.04. The molecule has 2 rings (SSSR count). The summed E-state index contributed by atoms with van der Waals surface area (Å²) in [4.78, 5) is 6.80. The van der Waals surface area contributed by atoms with Crippen LogP contribution < -0.4 is 16.8 Å². The van der Waals surface area contributed by atoms with Crippen LogP contribution in [0.15, 0.2) is 46.8 Å². The van der Waals surface area contributed by atoms with E-state index >= 15 is 0 Å². The van der Waals surface area contributed by atoms with E-state index in [1.807, 2.05) is 18.2 Å². The van der Waals surface area contributed by atoms with E-state index < -0.39 is 0 Å². The Hall–Kier alpha value is -2.01. The number of nitrogens with two attached hydrogens (primary N) is 2. The molecule has 5 N–H and O–H groups in total. The first kappa shape index (κ1) is 17.3. The van der Waals surface area contributed by atoms with Gasteiger partial charge in [0.15, 0.2) is 0 Å². The van der Waals surface area contributed by atoms with Gasteiger partial charge >= 0.3 is 0 Å². The topological polar surface area (TPSA) is 79.7 Å². The standard InChI is InChI=1S/C18H29N5/c1-13(15-7-5-4-6-8-15)17(20)18(21-14(2)19)22-16-9-11-23(3)12-10-16/h4-8,13,16,22H,9-12,20H2,1-3H3,(H2,19,21)/b18-17+. The number of piperidine rings is 1. The normalized spacial score (nSPS) is 20.0. The van der Waals surface area contributed by atoms with E-state index in [0.717, 1.165) is 37.4 Å². The number of nitrogens with one attached hydrogen (secondary N) is 1. The van der Waals surface area contributed by atoms with Crippen molar-refractivity contribution in [1.29, 1.82) is 0 Å². The predicted molar refractivity (Wildman–Crippen MR) is 97.0 cm³/mol. The number of hydrogen-bond donors (Lipinski definition) is 3. The van der Waals surface area contributed by atoms with Crippen molar-refractivity contribution in [2.24, 2.45) is 16.5 Å². The minimum absolute atomic E-state index is 0.0908. The molecule has 1 aromatic rings. The second-order valence-corrected chi connectivity index (χ2v) is 6.41. The summed E-state index contributed by atoms with van der Waals surface area (Å²) in [5, 5.41) is 3.52. The fourth-order valence-electron chi connectivity index (χ4n) is 2.83. The molecule has 1 aliphatic heterocycles. The van der Waals surface area contributed by atoms with Gasteiger partial charge in [-0.15, -0.1) is 0 Å². The molecule has 0 bridgehead atoms. The zero-order chi connectivity index (χ0) is 16.8. The van der Waals surface area contributed by atoms with E-state index in [2.05, 4.69) is 41.3 Å². The molecule has 1 fully saturated rings. The maximum absolute atomic E-state index is 6.43. The molecule has 0 saturated carbocycles. The monoisotopic (exact) mass is 315 g/mol. The highest BCUT2D eigenvalue weighted by Gasteiger charge is 2.20. The SMILES string of the molecule is C/C(N)=N/C(NC1CCN(C)CC1)=C(\N)C(C)c1ccccc1. The summed E-state index contributed by atoms with van der Waals surface area (Å²) in [5.74, 6) is 1.33. The fourth-order valence-corrected chi connectivity index (χ4v) is 2.83. The first-order chi connectivity index (χ1) is 11.0. The number of hydrogen-bond acceptors (Lipinski definition) is 4. The third kappa shape index (κ3) is 4.99. The van der Waals surface area contributed by atoms with Gasteiger partial charge in [-0.1, -0.05) is 37.3 Å². The van der Waals surface area contributed by atoms with Crippen molar-refractivity contribution in [1.82, 2.24) is 10.2 Å². The molecule has 0 spiro atoms. The van der Waals surface area contributed by atoms with Gasteiger partial charge in [0, 0.05) is 12.0 Å². The molecule has 23 heavy (non-hydrogen) atoms. The molecule has 5 heteroatoms. The zero-order valence-electron chi connectivity index (χ0n) is 14.4. The zero-order valence-corrected chi connectivity index (χ0v) is 14.4. The molecule has 0 radical (unpaired) electrons. The maximum Gasteiger partial charge on any atom is 0.147 e. The summed E-state index contributed by atoms with van der Waals surface area (Å²) in [6.45, 7) is 6.06. The van der Waals surface area contributed by atoms with Crippen LogP contribution in [-0.4, -0.2) is 36.9 Å². The summed E-state index contributed by atoms with van der Waals surface area (Å²) >= 11 is 0. The van der Waals surface area contributed by atoms with Crippen LogP contribution in [0.2, 0.25) is 0 Å². The molecule has 5 nitrogen and oxygen atoms in total. The largest absolute Gasteiger partial charge is 0.399 e. The van der Waals surface area contributed by atoms with Gasteiger partial charge in [0.2, 0.25) is 0 Å². The third-order valence-corrected chi connectivity index (χ3v) is 4.39. The molecule has 1 saturated heterocycles. The van der Waals surface area contributed by atoms with Gasteiger partial charge in [0.1, 0.15) is 5.82 Å². The minimum atomic E-state index is 0.0908. The lowest BCUT2D eigenvalue weighted by atomic mass is 9.97. The van der Waals surface area contributed by atoms with Crippen LogP contribution in [0.25, 0.3) is 0 Å². The highest BCUT2D eigenvalue weighted by Crippen LogP contribution is 2.23. The highest BCUT2D eigenvalue weighted by molar-refractivity contribution is 5.78. The van der Waals surface area contributed by atoms with E-state index in [4.69, 9.17) is 11.5 Å². The van der Waals surface area contributed by atoms with Crippen LogP contribution in [0.1, 0.15) is 38.2 Å². The average molecular weight is 315 g/mol. The second kappa shape index (κ2) is 8.02. The first-order valence-electron chi connectivity index (χ1n) is 8.27. The molecule has 1 atom stereocenters. The lowest BCUT2D eigenvalue weighted by Gasteiger charge is -2.31. The third-order valence-electron chi connectivity index (χ3n) is 4.39. The van der Waals surface area contributed by atoms with Crippen LogP contribution >= 0.6 is 0 Å². The molecule has 0 aliphatic carbocycles.